The highest BCUT2D eigenvalue weighted by Gasteiger charge is 2.05. The maximum atomic E-state index is 11.0. The highest BCUT2D eigenvalue weighted by atomic mass is 32.1. The van der Waals surface area contributed by atoms with Crippen LogP contribution in [0.1, 0.15) is 4.88 Å². The number of rotatable bonds is 1. The van der Waals surface area contributed by atoms with Crippen LogP contribution in [0.2, 0.25) is 0 Å². The molecule has 0 atom stereocenters. The molecule has 12 heavy (non-hydrogen) atoms. The second kappa shape index (κ2) is 2.88. The van der Waals surface area contributed by atoms with Gasteiger partial charge < -0.3 is 4.98 Å². The number of aromatic amines is 1. The van der Waals surface area contributed by atoms with E-state index in [4.69, 9.17) is 0 Å². The Bertz CT molecular complexity index is 424. The number of hydrogen-bond donors (Lipinski definition) is 1. The van der Waals surface area contributed by atoms with Crippen molar-refractivity contribution in [3.63, 3.8) is 0 Å². The Morgan fingerprint density at radius 1 is 1.50 bits per heavy atom. The molecule has 2 nitrogen and oxygen atoms in total. The summed E-state index contributed by atoms with van der Waals surface area (Å²) >= 11 is 2.90. The SMILES string of the molecule is Cc1sc(=O)[nH]c1-c1ccsc1. The number of thiophene rings is 1. The van der Waals surface area contributed by atoms with E-state index in [-0.39, 0.29) is 4.87 Å². The maximum Gasteiger partial charge on any atom is 0.305 e. The zero-order valence-electron chi connectivity index (χ0n) is 6.46. The summed E-state index contributed by atoms with van der Waals surface area (Å²) in [6.07, 6.45) is 0. The number of hydrogen-bond acceptors (Lipinski definition) is 3. The lowest BCUT2D eigenvalue weighted by Crippen LogP contribution is -1.91. The Kier molecular flexibility index (Phi) is 1.86. The number of aromatic nitrogens is 1. The first kappa shape index (κ1) is 7.76. The summed E-state index contributed by atoms with van der Waals surface area (Å²) in [6.45, 7) is 1.95. The minimum Gasteiger partial charge on any atom is -0.312 e. The Hall–Kier alpha value is -0.870. The summed E-state index contributed by atoms with van der Waals surface area (Å²) in [5.74, 6) is 0. The summed E-state index contributed by atoms with van der Waals surface area (Å²) < 4.78 is 0. The lowest BCUT2D eigenvalue weighted by atomic mass is 10.2. The van der Waals surface area contributed by atoms with Crippen LogP contribution < -0.4 is 4.87 Å². The van der Waals surface area contributed by atoms with E-state index in [1.165, 1.54) is 11.3 Å². The first-order valence-electron chi connectivity index (χ1n) is 3.49. The van der Waals surface area contributed by atoms with Crippen LogP contribution in [0.25, 0.3) is 11.3 Å². The fourth-order valence-corrected chi connectivity index (χ4v) is 2.44. The molecule has 2 heterocycles. The number of nitrogens with one attached hydrogen (secondary N) is 1. The Labute approximate surface area is 77.5 Å². The van der Waals surface area contributed by atoms with Crippen molar-refractivity contribution in [2.75, 3.05) is 0 Å². The molecule has 0 aromatic carbocycles. The predicted molar refractivity (Wildman–Crippen MR) is 53.0 cm³/mol. The molecule has 0 radical (unpaired) electrons. The molecule has 0 aliphatic carbocycles. The van der Waals surface area contributed by atoms with Crippen molar-refractivity contribution in [1.82, 2.24) is 4.98 Å². The number of H-pyrrole nitrogens is 1. The quantitative estimate of drug-likeness (QED) is 0.748. The van der Waals surface area contributed by atoms with Crippen LogP contribution >= 0.6 is 22.7 Å². The van der Waals surface area contributed by atoms with E-state index >= 15 is 0 Å². The molecule has 2 aromatic heterocycles. The monoisotopic (exact) mass is 197 g/mol. The maximum absolute atomic E-state index is 11.0. The van der Waals surface area contributed by atoms with Crippen LogP contribution in [-0.4, -0.2) is 4.98 Å². The molecule has 0 bridgehead atoms. The van der Waals surface area contributed by atoms with Crippen LogP contribution in [0.3, 0.4) is 0 Å². The molecule has 0 spiro atoms. The van der Waals surface area contributed by atoms with E-state index < -0.39 is 0 Å². The molecule has 0 saturated heterocycles. The fourth-order valence-electron chi connectivity index (χ4n) is 1.09. The van der Waals surface area contributed by atoms with E-state index in [9.17, 15) is 4.79 Å². The van der Waals surface area contributed by atoms with Gasteiger partial charge in [-0.3, -0.25) is 4.79 Å². The summed E-state index contributed by atoms with van der Waals surface area (Å²) in [5.41, 5.74) is 2.07. The van der Waals surface area contributed by atoms with Gasteiger partial charge in [0.05, 0.1) is 5.69 Å². The highest BCUT2D eigenvalue weighted by molar-refractivity contribution is 7.10. The average molecular weight is 197 g/mol. The summed E-state index contributed by atoms with van der Waals surface area (Å²) in [7, 11) is 0. The Morgan fingerprint density at radius 3 is 2.83 bits per heavy atom. The molecule has 2 aromatic rings. The molecular formula is C8H7NOS2. The Morgan fingerprint density at radius 2 is 2.33 bits per heavy atom. The van der Waals surface area contributed by atoms with Gasteiger partial charge in [-0.05, 0) is 18.4 Å². The largest absolute Gasteiger partial charge is 0.312 e. The molecule has 0 aliphatic rings. The molecule has 0 unspecified atom stereocenters. The van der Waals surface area contributed by atoms with Gasteiger partial charge in [-0.1, -0.05) is 11.3 Å². The van der Waals surface area contributed by atoms with Gasteiger partial charge in [0.1, 0.15) is 0 Å². The molecule has 0 aliphatic heterocycles. The van der Waals surface area contributed by atoms with Crippen LogP contribution in [0.15, 0.2) is 21.6 Å². The van der Waals surface area contributed by atoms with Crippen molar-refractivity contribution in [1.29, 1.82) is 0 Å². The van der Waals surface area contributed by atoms with Crippen molar-refractivity contribution in [2.45, 2.75) is 6.92 Å². The van der Waals surface area contributed by atoms with Gasteiger partial charge in [0.15, 0.2) is 0 Å². The normalized spacial score (nSPS) is 10.4. The van der Waals surface area contributed by atoms with Crippen LogP contribution in [0.5, 0.6) is 0 Å². The third kappa shape index (κ3) is 1.23. The first-order chi connectivity index (χ1) is 5.77. The number of aryl methyl sites for hydroxylation is 1. The van der Waals surface area contributed by atoms with Crippen molar-refractivity contribution in [3.05, 3.63) is 31.4 Å². The molecular weight excluding hydrogens is 190 g/mol. The van der Waals surface area contributed by atoms with Crippen molar-refractivity contribution in [2.24, 2.45) is 0 Å². The van der Waals surface area contributed by atoms with E-state index in [1.807, 2.05) is 23.8 Å². The fraction of sp³-hybridized carbons (Fsp3) is 0.125. The first-order valence-corrected chi connectivity index (χ1v) is 5.25. The van der Waals surface area contributed by atoms with E-state index in [1.54, 1.807) is 11.3 Å². The van der Waals surface area contributed by atoms with Gasteiger partial charge in [-0.15, -0.1) is 0 Å². The number of thiazole rings is 1. The zero-order chi connectivity index (χ0) is 8.55. The molecule has 4 heteroatoms. The van der Waals surface area contributed by atoms with E-state index in [0.717, 1.165) is 16.1 Å². The van der Waals surface area contributed by atoms with Crippen LogP contribution in [-0.2, 0) is 0 Å². The third-order valence-corrected chi connectivity index (χ3v) is 3.12. The highest BCUT2D eigenvalue weighted by Crippen LogP contribution is 2.23. The van der Waals surface area contributed by atoms with Gasteiger partial charge >= 0.3 is 4.87 Å². The summed E-state index contributed by atoms with van der Waals surface area (Å²) in [5, 5.41) is 4.04. The summed E-state index contributed by atoms with van der Waals surface area (Å²) in [6, 6.07) is 2.01. The second-order valence-corrected chi connectivity index (χ2v) is 4.43. The minimum absolute atomic E-state index is 0.0219. The van der Waals surface area contributed by atoms with Gasteiger partial charge in [0.2, 0.25) is 0 Å². The topological polar surface area (TPSA) is 32.9 Å². The minimum atomic E-state index is 0.0219. The molecule has 0 amide bonds. The molecule has 0 fully saturated rings. The van der Waals surface area contributed by atoms with Gasteiger partial charge in [0, 0.05) is 15.8 Å². The van der Waals surface area contributed by atoms with Crippen LogP contribution in [0, 0.1) is 6.92 Å². The molecule has 62 valence electrons. The van der Waals surface area contributed by atoms with E-state index in [0.29, 0.717) is 0 Å². The Balaban J connectivity index is 2.61. The van der Waals surface area contributed by atoms with Gasteiger partial charge in [0.25, 0.3) is 0 Å². The summed E-state index contributed by atoms with van der Waals surface area (Å²) in [4.78, 5) is 14.9. The molecule has 1 N–H and O–H groups in total. The standard InChI is InChI=1S/C8H7NOS2/c1-5-7(9-8(10)12-5)6-2-3-11-4-6/h2-4H,1H3,(H,9,10). The van der Waals surface area contributed by atoms with Crippen LogP contribution in [0.4, 0.5) is 0 Å². The lowest BCUT2D eigenvalue weighted by molar-refractivity contribution is 1.33. The lowest BCUT2D eigenvalue weighted by Gasteiger charge is -1.91. The molecule has 0 saturated carbocycles. The third-order valence-electron chi connectivity index (χ3n) is 1.63. The average Bonchev–Trinajstić information content (AvgIpc) is 2.58. The molecule has 2 rings (SSSR count). The van der Waals surface area contributed by atoms with E-state index in [2.05, 4.69) is 4.98 Å². The van der Waals surface area contributed by atoms with Crippen molar-refractivity contribution < 1.29 is 0 Å². The van der Waals surface area contributed by atoms with Crippen molar-refractivity contribution in [3.8, 4) is 11.3 Å². The van der Waals surface area contributed by atoms with Gasteiger partial charge in [-0.2, -0.15) is 11.3 Å². The van der Waals surface area contributed by atoms with Gasteiger partial charge in [-0.25, -0.2) is 0 Å². The predicted octanol–water partition coefficient (Wildman–Crippen LogP) is 2.47. The van der Waals surface area contributed by atoms with Crippen molar-refractivity contribution >= 4 is 22.7 Å². The zero-order valence-corrected chi connectivity index (χ0v) is 8.09. The smallest absolute Gasteiger partial charge is 0.305 e. The second-order valence-electron chi connectivity index (χ2n) is 2.46.